The number of carbonyl (C=O) groups excluding carboxylic acids is 1. The molecule has 0 saturated carbocycles. The first kappa shape index (κ1) is 17.2. The summed E-state index contributed by atoms with van der Waals surface area (Å²) in [5.41, 5.74) is 1.32. The second kappa shape index (κ2) is 7.48. The number of carbonyl (C=O) groups is 1. The van der Waals surface area contributed by atoms with Crippen molar-refractivity contribution in [3.63, 3.8) is 0 Å². The van der Waals surface area contributed by atoms with Gasteiger partial charge in [-0.15, -0.1) is 11.8 Å². The maximum Gasteiger partial charge on any atom is 0.270 e. The van der Waals surface area contributed by atoms with Crippen LogP contribution in [0.2, 0.25) is 0 Å². The van der Waals surface area contributed by atoms with Crippen molar-refractivity contribution in [3.05, 3.63) is 75.6 Å². The monoisotopic (exact) mass is 358 g/mol. The maximum atomic E-state index is 13.5. The lowest BCUT2D eigenvalue weighted by molar-refractivity contribution is -0.384. The number of nitrogens with zero attached hydrogens (tertiary/aromatic N) is 1. The van der Waals surface area contributed by atoms with E-state index in [1.54, 1.807) is 30.0 Å². The molecule has 1 N–H and O–H groups in total. The summed E-state index contributed by atoms with van der Waals surface area (Å²) < 4.78 is 13.5. The van der Waals surface area contributed by atoms with Crippen molar-refractivity contribution in [1.29, 1.82) is 0 Å². The predicted octanol–water partition coefficient (Wildman–Crippen LogP) is 4.10. The molecule has 0 saturated heterocycles. The van der Waals surface area contributed by atoms with Crippen LogP contribution in [0.5, 0.6) is 0 Å². The van der Waals surface area contributed by atoms with E-state index in [0.29, 0.717) is 5.56 Å². The molecule has 1 aliphatic heterocycles. The number of thioether (sulfide) groups is 1. The van der Waals surface area contributed by atoms with Crippen LogP contribution in [0.3, 0.4) is 0 Å². The molecule has 0 spiro atoms. The van der Waals surface area contributed by atoms with Crippen LogP contribution < -0.4 is 5.32 Å². The standard InChI is InChI=1S/C18H15FN2O3S/c19-13-5-6-17-15(11-13)16(8-9-25-17)20-18(22)7-4-12-2-1-3-14(10-12)21(23)24/h1-7,10-11,16H,8-9H2,(H,20,22). The Morgan fingerprint density at radius 2 is 2.16 bits per heavy atom. The summed E-state index contributed by atoms with van der Waals surface area (Å²) in [5.74, 6) is 0.198. The van der Waals surface area contributed by atoms with Gasteiger partial charge in [-0.1, -0.05) is 12.1 Å². The minimum absolute atomic E-state index is 0.0312. The minimum Gasteiger partial charge on any atom is -0.346 e. The highest BCUT2D eigenvalue weighted by molar-refractivity contribution is 7.99. The fraction of sp³-hybridized carbons (Fsp3) is 0.167. The van der Waals surface area contributed by atoms with Gasteiger partial charge in [-0.05, 0) is 41.8 Å². The fourth-order valence-electron chi connectivity index (χ4n) is 2.65. The van der Waals surface area contributed by atoms with Crippen molar-refractivity contribution in [2.45, 2.75) is 17.4 Å². The largest absolute Gasteiger partial charge is 0.346 e. The van der Waals surface area contributed by atoms with Gasteiger partial charge in [0.05, 0.1) is 11.0 Å². The molecule has 0 aromatic heterocycles. The summed E-state index contributed by atoms with van der Waals surface area (Å²) in [7, 11) is 0. The first-order valence-electron chi connectivity index (χ1n) is 7.68. The van der Waals surface area contributed by atoms with E-state index in [0.717, 1.165) is 22.6 Å². The van der Waals surface area contributed by atoms with Crippen LogP contribution in [0, 0.1) is 15.9 Å². The molecule has 0 radical (unpaired) electrons. The molecule has 3 rings (SSSR count). The Kier molecular flexibility index (Phi) is 5.14. The normalized spacial score (nSPS) is 16.4. The number of amides is 1. The Hall–Kier alpha value is -2.67. The lowest BCUT2D eigenvalue weighted by Crippen LogP contribution is -2.29. The Morgan fingerprint density at radius 1 is 1.32 bits per heavy atom. The molecular formula is C18H15FN2O3S. The number of non-ortho nitro benzene ring substituents is 1. The topological polar surface area (TPSA) is 72.2 Å². The third-order valence-corrected chi connectivity index (χ3v) is 4.96. The summed E-state index contributed by atoms with van der Waals surface area (Å²) >= 11 is 1.64. The zero-order chi connectivity index (χ0) is 17.8. The number of benzene rings is 2. The van der Waals surface area contributed by atoms with Crippen LogP contribution in [0.15, 0.2) is 53.4 Å². The molecule has 0 fully saturated rings. The highest BCUT2D eigenvalue weighted by Crippen LogP contribution is 2.36. The van der Waals surface area contributed by atoms with Gasteiger partial charge in [-0.25, -0.2) is 4.39 Å². The molecular weight excluding hydrogens is 343 g/mol. The van der Waals surface area contributed by atoms with E-state index in [4.69, 9.17) is 0 Å². The van der Waals surface area contributed by atoms with Gasteiger partial charge in [-0.2, -0.15) is 0 Å². The molecule has 2 aromatic rings. The Balaban J connectivity index is 1.70. The Labute approximate surface area is 148 Å². The van der Waals surface area contributed by atoms with Crippen LogP contribution in [-0.4, -0.2) is 16.6 Å². The third kappa shape index (κ3) is 4.24. The van der Waals surface area contributed by atoms with Gasteiger partial charge in [0.1, 0.15) is 5.82 Å². The highest BCUT2D eigenvalue weighted by atomic mass is 32.2. The summed E-state index contributed by atoms with van der Waals surface area (Å²) in [5, 5.41) is 13.6. The molecule has 1 amide bonds. The lowest BCUT2D eigenvalue weighted by atomic mass is 10.0. The van der Waals surface area contributed by atoms with Crippen LogP contribution in [-0.2, 0) is 4.79 Å². The van der Waals surface area contributed by atoms with Crippen molar-refractivity contribution < 1.29 is 14.1 Å². The summed E-state index contributed by atoms with van der Waals surface area (Å²) in [6, 6.07) is 10.4. The fourth-order valence-corrected chi connectivity index (χ4v) is 3.75. The second-order valence-corrected chi connectivity index (χ2v) is 6.70. The molecule has 1 heterocycles. The maximum absolute atomic E-state index is 13.5. The predicted molar refractivity (Wildman–Crippen MR) is 94.8 cm³/mol. The van der Waals surface area contributed by atoms with Crippen molar-refractivity contribution >= 4 is 29.4 Å². The smallest absolute Gasteiger partial charge is 0.270 e. The number of halogens is 1. The van der Waals surface area contributed by atoms with Gasteiger partial charge in [0, 0.05) is 28.9 Å². The average Bonchev–Trinajstić information content (AvgIpc) is 2.61. The summed E-state index contributed by atoms with van der Waals surface area (Å²) in [6.45, 7) is 0. The van der Waals surface area contributed by atoms with Crippen molar-refractivity contribution in [1.82, 2.24) is 5.32 Å². The molecule has 25 heavy (non-hydrogen) atoms. The van der Waals surface area contributed by atoms with E-state index in [1.807, 2.05) is 0 Å². The van der Waals surface area contributed by atoms with Crippen molar-refractivity contribution in [2.24, 2.45) is 0 Å². The molecule has 0 bridgehead atoms. The Morgan fingerprint density at radius 3 is 2.96 bits per heavy atom. The molecule has 2 aromatic carbocycles. The van der Waals surface area contributed by atoms with Gasteiger partial charge in [0.15, 0.2) is 0 Å². The first-order chi connectivity index (χ1) is 12.0. The highest BCUT2D eigenvalue weighted by Gasteiger charge is 2.22. The first-order valence-corrected chi connectivity index (χ1v) is 8.67. The van der Waals surface area contributed by atoms with Gasteiger partial charge in [-0.3, -0.25) is 14.9 Å². The van der Waals surface area contributed by atoms with Crippen LogP contribution in [0.25, 0.3) is 6.08 Å². The molecule has 7 heteroatoms. The quantitative estimate of drug-likeness (QED) is 0.507. The van der Waals surface area contributed by atoms with E-state index >= 15 is 0 Å². The second-order valence-electron chi connectivity index (χ2n) is 5.57. The number of fused-ring (bicyclic) bond motifs is 1. The molecule has 1 atom stereocenters. The SMILES string of the molecule is O=C(C=Cc1cccc([N+](=O)[O-])c1)NC1CCSc2ccc(F)cc21. The third-order valence-electron chi connectivity index (χ3n) is 3.84. The van der Waals surface area contributed by atoms with Gasteiger partial charge >= 0.3 is 0 Å². The zero-order valence-corrected chi connectivity index (χ0v) is 14.0. The number of hydrogen-bond donors (Lipinski definition) is 1. The van der Waals surface area contributed by atoms with E-state index in [2.05, 4.69) is 5.32 Å². The summed E-state index contributed by atoms with van der Waals surface area (Å²) in [4.78, 5) is 23.4. The van der Waals surface area contributed by atoms with E-state index in [-0.39, 0.29) is 23.5 Å². The summed E-state index contributed by atoms with van der Waals surface area (Å²) in [6.07, 6.45) is 3.57. The van der Waals surface area contributed by atoms with Crippen LogP contribution in [0.1, 0.15) is 23.6 Å². The van der Waals surface area contributed by atoms with E-state index in [1.165, 1.54) is 36.4 Å². The van der Waals surface area contributed by atoms with Gasteiger partial charge in [0.2, 0.25) is 5.91 Å². The zero-order valence-electron chi connectivity index (χ0n) is 13.1. The van der Waals surface area contributed by atoms with Gasteiger partial charge < -0.3 is 5.32 Å². The van der Waals surface area contributed by atoms with Gasteiger partial charge in [0.25, 0.3) is 5.69 Å². The molecule has 128 valence electrons. The number of nitro benzene ring substituents is 1. The number of hydrogen-bond acceptors (Lipinski definition) is 4. The van der Waals surface area contributed by atoms with Crippen molar-refractivity contribution in [2.75, 3.05) is 5.75 Å². The van der Waals surface area contributed by atoms with Crippen molar-refractivity contribution in [3.8, 4) is 0 Å². The number of rotatable bonds is 4. The molecule has 1 aliphatic rings. The molecule has 0 aliphatic carbocycles. The number of nitro groups is 1. The van der Waals surface area contributed by atoms with E-state index < -0.39 is 4.92 Å². The minimum atomic E-state index is -0.484. The van der Waals surface area contributed by atoms with Crippen LogP contribution in [0.4, 0.5) is 10.1 Å². The average molecular weight is 358 g/mol. The lowest BCUT2D eigenvalue weighted by Gasteiger charge is -2.25. The molecule has 1 unspecified atom stereocenters. The van der Waals surface area contributed by atoms with Crippen LogP contribution >= 0.6 is 11.8 Å². The number of nitrogens with one attached hydrogen (secondary N) is 1. The van der Waals surface area contributed by atoms with E-state index in [9.17, 15) is 19.3 Å². The molecule has 5 nitrogen and oxygen atoms in total. The Bertz CT molecular complexity index is 854.